The Balaban J connectivity index is 0.000000140. The highest BCUT2D eigenvalue weighted by Crippen LogP contribution is 2.50. The summed E-state index contributed by atoms with van der Waals surface area (Å²) in [5, 5.41) is 45.5. The number of aryl methyl sites for hydroxylation is 8. The average Bonchev–Trinajstić information content (AvgIpc) is 1.72. The van der Waals surface area contributed by atoms with Crippen molar-refractivity contribution in [3.8, 4) is 42.8 Å². The van der Waals surface area contributed by atoms with E-state index in [1.54, 1.807) is 67.7 Å². The maximum atomic E-state index is 13.8. The zero-order valence-corrected chi connectivity index (χ0v) is 93.1. The van der Waals surface area contributed by atoms with Crippen LogP contribution >= 0.6 is 90.7 Å². The fraction of sp³-hybridized carbons (Fsp3) is 0.487. The number of phenols is 2. The molecule has 8 aliphatic rings. The van der Waals surface area contributed by atoms with Gasteiger partial charge in [-0.15, -0.1) is 90.7 Å². The number of likely N-dealkylation sites (N-methyl/N-ethyl adjacent to an activating group) is 1. The largest absolute Gasteiger partial charge is 0.508 e. The summed E-state index contributed by atoms with van der Waals surface area (Å²) in [6.45, 7) is 29.2. The molecule has 0 saturated carbocycles. The first-order valence-electron chi connectivity index (χ1n) is 51.7. The Kier molecular flexibility index (Phi) is 34.9. The third-order valence-corrected chi connectivity index (χ3v) is 37.4. The average molecular weight is 2160 g/mol. The number of amides is 8. The van der Waals surface area contributed by atoms with Crippen LogP contribution < -0.4 is 42.5 Å². The Morgan fingerprint density at radius 2 is 0.639 bits per heavy atom. The molecule has 147 heavy (non-hydrogen) atoms. The number of fused-ring (bicyclic) bond motifs is 8. The van der Waals surface area contributed by atoms with Gasteiger partial charge in [0.25, 0.3) is 0 Å². The molecule has 7 aliphatic carbocycles. The molecule has 0 fully saturated rings. The fourth-order valence-corrected chi connectivity index (χ4v) is 31.2. The molecule has 0 atom stereocenters. The molecule has 0 spiro atoms. The topological polar surface area (TPSA) is 313 Å². The molecule has 8 amide bonds. The lowest BCUT2D eigenvalue weighted by Crippen LogP contribution is -2.32. The van der Waals surface area contributed by atoms with E-state index in [9.17, 15) is 61.7 Å². The third-order valence-electron chi connectivity index (χ3n) is 27.1. The van der Waals surface area contributed by atoms with Gasteiger partial charge < -0.3 is 50.4 Å². The standard InChI is InChI=1S/C30H36N2O3S2.2C29H34N2O4S2.C25H32F3N3O3S2/c1-18-11-5-6-12-19(18)26-22(20-13-7-9-15-23(20)36-26)17-31-29(34)32-27-25(28(33)35-30(2,3)4)21-14-8-10-16-24(21)37-27;1-29(2,3)35-27(33)24-20-12-5-7-14-23(20)37-26(24)31-28(34)30-16-21-19-11-4-6-13-22(19)36-25(21)17-9-8-10-18(32)15-17;1-29(2,3)35-27(33)24-20-9-5-7-11-23(20)37-26(24)31-28(34)30-16-21-19-8-4-6-10-22(19)36-25(21)17-12-14-18(32)15-13-17;1-5-31-11-10-14-16(20(25(26,27)28)35-18(14)13-31)12-29-23(33)30-21-19(22(32)34-24(2,3)4)15-8-6-7-9-17(15)36-21/h5-6,11-12H,7-10,13-17H2,1-4H3,(H2,31,32,34);8-10,15,32H,4-7,11-14,16H2,1-3H3,(H2,30,31,34);12-15,32H,4-11,16H2,1-3H3,(H2,30,31,34);5-13H2,1-4H3,(H2,29,30,33). The van der Waals surface area contributed by atoms with E-state index in [-0.39, 0.29) is 59.6 Å². The van der Waals surface area contributed by atoms with Gasteiger partial charge in [0, 0.05) is 92.9 Å². The van der Waals surface area contributed by atoms with E-state index in [2.05, 4.69) is 78.6 Å². The lowest BCUT2D eigenvalue weighted by Gasteiger charge is -2.25. The molecular formula is C113H136F3N9O14S8. The molecule has 786 valence electrons. The Morgan fingerprint density at radius 1 is 0.333 bits per heavy atom. The van der Waals surface area contributed by atoms with Gasteiger partial charge in [0.1, 0.15) is 58.8 Å². The van der Waals surface area contributed by atoms with Gasteiger partial charge in [-0.3, -0.25) is 26.2 Å². The third kappa shape index (κ3) is 27.1. The molecule has 0 radical (unpaired) electrons. The van der Waals surface area contributed by atoms with E-state index in [0.717, 1.165) is 231 Å². The first-order chi connectivity index (χ1) is 70.0. The number of hydrogen-bond donors (Lipinski definition) is 10. The van der Waals surface area contributed by atoms with E-state index in [1.165, 1.54) is 139 Å². The minimum Gasteiger partial charge on any atom is -0.508 e. The second-order valence-corrected chi connectivity index (χ2v) is 51.6. The number of benzene rings is 3. The predicted octanol–water partition coefficient (Wildman–Crippen LogP) is 28.6. The van der Waals surface area contributed by atoms with Gasteiger partial charge >= 0.3 is 54.2 Å². The second kappa shape index (κ2) is 47.0. The van der Waals surface area contributed by atoms with Crippen LogP contribution in [0.1, 0.15) is 338 Å². The highest BCUT2D eigenvalue weighted by molar-refractivity contribution is 7.19. The van der Waals surface area contributed by atoms with Crippen LogP contribution in [0.4, 0.5) is 52.4 Å². The van der Waals surface area contributed by atoms with Gasteiger partial charge in [0.15, 0.2) is 0 Å². The van der Waals surface area contributed by atoms with Crippen molar-refractivity contribution in [3.05, 3.63) is 211 Å². The van der Waals surface area contributed by atoms with Crippen molar-refractivity contribution >= 4 is 159 Å². The summed E-state index contributed by atoms with van der Waals surface area (Å²) in [4.78, 5) is 119. The van der Waals surface area contributed by atoms with Gasteiger partial charge in [-0.05, 0) is 408 Å². The number of esters is 4. The van der Waals surface area contributed by atoms with E-state index in [0.29, 0.717) is 91.8 Å². The molecule has 23 nitrogen and oxygen atoms in total. The number of thiophene rings is 8. The van der Waals surface area contributed by atoms with Gasteiger partial charge in [0.2, 0.25) is 0 Å². The molecule has 0 unspecified atom stereocenters. The summed E-state index contributed by atoms with van der Waals surface area (Å²) in [5.74, 6) is -1.12. The van der Waals surface area contributed by atoms with Crippen molar-refractivity contribution in [2.24, 2.45) is 0 Å². The summed E-state index contributed by atoms with van der Waals surface area (Å²) in [7, 11) is 0. The number of ether oxygens (including phenoxy) is 4. The van der Waals surface area contributed by atoms with Crippen molar-refractivity contribution in [2.75, 3.05) is 34.4 Å². The lowest BCUT2D eigenvalue weighted by atomic mass is 9.93. The molecule has 0 saturated heterocycles. The number of hydrogen-bond acceptors (Lipinski definition) is 23. The van der Waals surface area contributed by atoms with E-state index >= 15 is 0 Å². The maximum Gasteiger partial charge on any atom is 0.425 e. The highest BCUT2D eigenvalue weighted by atomic mass is 32.1. The number of alkyl halides is 3. The Labute approximate surface area is 891 Å². The number of carbonyl (C=O) groups excluding carboxylic acids is 8. The number of carbonyl (C=O) groups is 8. The predicted molar refractivity (Wildman–Crippen MR) is 589 cm³/mol. The summed E-state index contributed by atoms with van der Waals surface area (Å²) in [6, 6.07) is 21.5. The first kappa shape index (κ1) is 109. The highest BCUT2D eigenvalue weighted by Gasteiger charge is 2.42. The molecule has 1 aliphatic heterocycles. The smallest absolute Gasteiger partial charge is 0.425 e. The SMILES string of the molecule is CC(C)(C)OC(=O)c1c(NC(=O)NCc2c(-c3ccc(O)cc3)sc3c2CCCC3)sc2c1CCCC2.CC(C)(C)OC(=O)c1c(NC(=O)NCc2c(-c3cccc(O)c3)sc3c2CCCC3)sc2c1CCCC2.CCN1CCc2c(sc(C(F)(F)F)c2CNC(=O)Nc2sc3c(c2C(=O)OC(C)(C)C)CCCC3)C1.Cc1ccccc1-c1sc2c(c1CNC(=O)Nc1sc3c(c1C(=O)OC(C)(C)C)CCCC3)CCCC2. The summed E-state index contributed by atoms with van der Waals surface area (Å²) in [6.07, 6.45) is 24.7. The van der Waals surface area contributed by atoms with Gasteiger partial charge in [0.05, 0.1) is 22.3 Å². The molecule has 8 aromatic heterocycles. The lowest BCUT2D eigenvalue weighted by molar-refractivity contribution is -0.135. The fourth-order valence-electron chi connectivity index (χ4n) is 20.5. The van der Waals surface area contributed by atoms with Crippen LogP contribution in [-0.4, -0.2) is 98.6 Å². The van der Waals surface area contributed by atoms with Crippen LogP contribution in [0.2, 0.25) is 0 Å². The first-order valence-corrected chi connectivity index (χ1v) is 58.2. The molecular weight excluding hydrogens is 2020 g/mol. The summed E-state index contributed by atoms with van der Waals surface area (Å²) >= 11 is 12.1. The molecule has 3 aromatic carbocycles. The van der Waals surface area contributed by atoms with Gasteiger partial charge in [-0.1, -0.05) is 43.3 Å². The number of nitrogens with one attached hydrogen (secondary N) is 8. The molecule has 34 heteroatoms. The molecule has 9 heterocycles. The number of nitrogens with zero attached hydrogens (tertiary/aromatic N) is 1. The number of anilines is 4. The van der Waals surface area contributed by atoms with Crippen LogP contribution in [0.25, 0.3) is 31.3 Å². The molecule has 11 aromatic rings. The van der Waals surface area contributed by atoms with Crippen molar-refractivity contribution in [1.29, 1.82) is 0 Å². The Morgan fingerprint density at radius 3 is 0.973 bits per heavy atom. The minimum atomic E-state index is -4.48. The number of halogens is 3. The minimum absolute atomic E-state index is 0.145. The number of aromatic hydroxyl groups is 2. The van der Waals surface area contributed by atoms with Crippen LogP contribution in [0.3, 0.4) is 0 Å². The van der Waals surface area contributed by atoms with E-state index in [1.807, 2.05) is 105 Å². The van der Waals surface area contributed by atoms with Crippen molar-refractivity contribution in [1.82, 2.24) is 26.2 Å². The van der Waals surface area contributed by atoms with Gasteiger partial charge in [-0.2, -0.15) is 13.2 Å². The normalized spacial score (nSPS) is 15.3. The summed E-state index contributed by atoms with van der Waals surface area (Å²) in [5.41, 5.74) is 16.4. The number of rotatable bonds is 20. The zero-order chi connectivity index (χ0) is 105. The van der Waals surface area contributed by atoms with Crippen molar-refractivity contribution in [2.45, 2.75) is 344 Å². The van der Waals surface area contributed by atoms with Crippen LogP contribution in [0.15, 0.2) is 72.8 Å². The van der Waals surface area contributed by atoms with Crippen LogP contribution in [0.5, 0.6) is 11.5 Å². The van der Waals surface area contributed by atoms with E-state index < -0.39 is 45.5 Å². The van der Waals surface area contributed by atoms with Crippen LogP contribution in [0, 0.1) is 6.92 Å². The van der Waals surface area contributed by atoms with Gasteiger partial charge in [-0.25, -0.2) is 38.4 Å². The molecule has 10 N–H and O–H groups in total. The monoisotopic (exact) mass is 2160 g/mol. The summed E-state index contributed by atoms with van der Waals surface area (Å²) < 4.78 is 64.2. The molecule has 0 bridgehead atoms. The second-order valence-electron chi connectivity index (χ2n) is 42.8. The maximum absolute atomic E-state index is 13.8. The molecule has 19 rings (SSSR count). The Hall–Kier alpha value is -10.4. The van der Waals surface area contributed by atoms with E-state index in [4.69, 9.17) is 18.9 Å². The number of urea groups is 4. The number of phenolic OH excluding ortho intramolecular Hbond substituents is 2. The van der Waals surface area contributed by atoms with Crippen LogP contribution in [-0.2, 0) is 154 Å². The quantitative estimate of drug-likeness (QED) is 0.0250. The van der Waals surface area contributed by atoms with Crippen molar-refractivity contribution < 1.29 is 80.7 Å². The van der Waals surface area contributed by atoms with Crippen molar-refractivity contribution in [3.63, 3.8) is 0 Å². The zero-order valence-electron chi connectivity index (χ0n) is 86.5. The Bertz CT molecular complexity index is 6710.